The zero-order chi connectivity index (χ0) is 16.2. The molecule has 0 bridgehead atoms. The van der Waals surface area contributed by atoms with Gasteiger partial charge in [-0.05, 0) is 54.7 Å². The van der Waals surface area contributed by atoms with Crippen LogP contribution in [0.15, 0.2) is 48.5 Å². The van der Waals surface area contributed by atoms with Gasteiger partial charge in [-0.1, -0.05) is 6.07 Å². The van der Waals surface area contributed by atoms with Crippen molar-refractivity contribution in [1.82, 2.24) is 4.90 Å². The second-order valence-corrected chi connectivity index (χ2v) is 5.78. The fourth-order valence-corrected chi connectivity index (χ4v) is 2.89. The molecule has 1 aliphatic rings. The van der Waals surface area contributed by atoms with Crippen molar-refractivity contribution in [2.24, 2.45) is 0 Å². The zero-order valence-corrected chi connectivity index (χ0v) is 13.3. The van der Waals surface area contributed by atoms with Gasteiger partial charge in [0.15, 0.2) is 5.11 Å². The molecule has 0 atom stereocenters. The van der Waals surface area contributed by atoms with Crippen LogP contribution in [-0.2, 0) is 0 Å². The number of nitrogens with one attached hydrogen (secondary N) is 1. The summed E-state index contributed by atoms with van der Waals surface area (Å²) in [6.45, 7) is 3.13. The summed E-state index contributed by atoms with van der Waals surface area (Å²) >= 11 is 5.40. The van der Waals surface area contributed by atoms with E-state index in [1.807, 2.05) is 0 Å². The van der Waals surface area contributed by atoms with Gasteiger partial charge in [-0.15, -0.1) is 0 Å². The van der Waals surface area contributed by atoms with Crippen molar-refractivity contribution in [3.05, 3.63) is 60.2 Å². The molecule has 1 fully saturated rings. The summed E-state index contributed by atoms with van der Waals surface area (Å²) in [6.07, 6.45) is 0. The van der Waals surface area contributed by atoms with Gasteiger partial charge in [0.05, 0.1) is 0 Å². The summed E-state index contributed by atoms with van der Waals surface area (Å²) in [7, 11) is 0. The summed E-state index contributed by atoms with van der Waals surface area (Å²) < 4.78 is 26.2. The van der Waals surface area contributed by atoms with Crippen LogP contribution in [0, 0.1) is 11.6 Å². The molecule has 3 rings (SSSR count). The molecule has 0 unspecified atom stereocenters. The Bertz CT molecular complexity index is 682. The highest BCUT2D eigenvalue weighted by Crippen LogP contribution is 2.17. The van der Waals surface area contributed by atoms with E-state index in [0.29, 0.717) is 10.8 Å². The van der Waals surface area contributed by atoms with E-state index in [1.165, 1.54) is 24.3 Å². The van der Waals surface area contributed by atoms with Crippen molar-refractivity contribution in [3.63, 3.8) is 0 Å². The van der Waals surface area contributed by atoms with Gasteiger partial charge in [-0.25, -0.2) is 8.78 Å². The molecule has 0 saturated carbocycles. The van der Waals surface area contributed by atoms with Crippen LogP contribution in [0.3, 0.4) is 0 Å². The molecule has 1 saturated heterocycles. The third-order valence-corrected chi connectivity index (χ3v) is 4.19. The number of benzene rings is 2. The van der Waals surface area contributed by atoms with Gasteiger partial charge in [0.2, 0.25) is 0 Å². The van der Waals surface area contributed by atoms with Crippen molar-refractivity contribution < 1.29 is 8.78 Å². The molecule has 2 aromatic rings. The van der Waals surface area contributed by atoms with Crippen LogP contribution in [-0.4, -0.2) is 36.2 Å². The van der Waals surface area contributed by atoms with E-state index in [-0.39, 0.29) is 11.6 Å². The Balaban J connectivity index is 1.56. The van der Waals surface area contributed by atoms with Crippen LogP contribution in [0.1, 0.15) is 0 Å². The molecule has 0 amide bonds. The van der Waals surface area contributed by atoms with Gasteiger partial charge < -0.3 is 15.1 Å². The Kier molecular flexibility index (Phi) is 4.71. The average molecular weight is 333 g/mol. The third-order valence-electron chi connectivity index (χ3n) is 3.83. The Labute approximate surface area is 139 Å². The zero-order valence-electron chi connectivity index (χ0n) is 12.5. The van der Waals surface area contributed by atoms with E-state index in [9.17, 15) is 8.78 Å². The second-order valence-electron chi connectivity index (χ2n) is 5.39. The molecular weight excluding hydrogens is 316 g/mol. The minimum atomic E-state index is -0.293. The monoisotopic (exact) mass is 333 g/mol. The number of hydrogen-bond acceptors (Lipinski definition) is 2. The smallest absolute Gasteiger partial charge is 0.173 e. The first-order chi connectivity index (χ1) is 11.1. The Morgan fingerprint density at radius 3 is 2.26 bits per heavy atom. The van der Waals surface area contributed by atoms with Gasteiger partial charge in [-0.2, -0.15) is 0 Å². The van der Waals surface area contributed by atoms with Crippen molar-refractivity contribution >= 4 is 28.7 Å². The summed E-state index contributed by atoms with van der Waals surface area (Å²) in [6, 6.07) is 12.8. The summed E-state index contributed by atoms with van der Waals surface area (Å²) in [5.74, 6) is -0.521. The molecule has 2 aromatic carbocycles. The molecule has 0 radical (unpaired) electrons. The molecule has 3 nitrogen and oxygen atoms in total. The number of piperazine rings is 1. The third kappa shape index (κ3) is 3.96. The van der Waals surface area contributed by atoms with E-state index in [0.717, 1.165) is 31.9 Å². The molecule has 0 aliphatic carbocycles. The fraction of sp³-hybridized carbons (Fsp3) is 0.235. The summed E-state index contributed by atoms with van der Waals surface area (Å²) in [4.78, 5) is 4.25. The molecule has 1 aliphatic heterocycles. The lowest BCUT2D eigenvalue weighted by molar-refractivity contribution is 0.391. The van der Waals surface area contributed by atoms with Crippen LogP contribution in [0.5, 0.6) is 0 Å². The highest BCUT2D eigenvalue weighted by molar-refractivity contribution is 7.80. The Hall–Kier alpha value is -2.21. The van der Waals surface area contributed by atoms with Gasteiger partial charge in [0.1, 0.15) is 11.6 Å². The van der Waals surface area contributed by atoms with Crippen LogP contribution in [0.25, 0.3) is 0 Å². The SMILES string of the molecule is Fc1ccc(N2CCN(C(=S)Nc3cccc(F)c3)CC2)cc1. The maximum absolute atomic E-state index is 13.2. The van der Waals surface area contributed by atoms with E-state index in [2.05, 4.69) is 15.1 Å². The minimum absolute atomic E-state index is 0.229. The van der Waals surface area contributed by atoms with Crippen LogP contribution < -0.4 is 10.2 Å². The normalized spacial score (nSPS) is 14.7. The first-order valence-electron chi connectivity index (χ1n) is 7.44. The van der Waals surface area contributed by atoms with Crippen LogP contribution >= 0.6 is 12.2 Å². The molecule has 23 heavy (non-hydrogen) atoms. The largest absolute Gasteiger partial charge is 0.368 e. The van der Waals surface area contributed by atoms with Crippen molar-refractivity contribution in [3.8, 4) is 0 Å². The van der Waals surface area contributed by atoms with E-state index in [1.54, 1.807) is 24.3 Å². The Morgan fingerprint density at radius 2 is 1.61 bits per heavy atom. The maximum atomic E-state index is 13.2. The summed E-state index contributed by atoms with van der Waals surface area (Å²) in [5, 5.41) is 3.66. The molecule has 0 spiro atoms. The van der Waals surface area contributed by atoms with E-state index >= 15 is 0 Å². The minimum Gasteiger partial charge on any atom is -0.368 e. The van der Waals surface area contributed by atoms with E-state index < -0.39 is 0 Å². The fourth-order valence-electron chi connectivity index (χ4n) is 2.59. The highest BCUT2D eigenvalue weighted by atomic mass is 32.1. The number of hydrogen-bond donors (Lipinski definition) is 1. The predicted octanol–water partition coefficient (Wildman–Crippen LogP) is 3.48. The molecule has 6 heteroatoms. The lowest BCUT2D eigenvalue weighted by Gasteiger charge is -2.37. The predicted molar refractivity (Wildman–Crippen MR) is 92.8 cm³/mol. The van der Waals surface area contributed by atoms with Gasteiger partial charge >= 0.3 is 0 Å². The number of thiocarbonyl (C=S) groups is 1. The van der Waals surface area contributed by atoms with Gasteiger partial charge in [0, 0.05) is 37.6 Å². The molecular formula is C17H17F2N3S. The second kappa shape index (κ2) is 6.91. The van der Waals surface area contributed by atoms with Crippen molar-refractivity contribution in [1.29, 1.82) is 0 Å². The van der Waals surface area contributed by atoms with Gasteiger partial charge in [0.25, 0.3) is 0 Å². The number of halogens is 2. The van der Waals surface area contributed by atoms with Crippen molar-refractivity contribution in [2.75, 3.05) is 36.4 Å². The number of rotatable bonds is 2. The maximum Gasteiger partial charge on any atom is 0.173 e. The first-order valence-corrected chi connectivity index (χ1v) is 7.85. The van der Waals surface area contributed by atoms with Crippen LogP contribution in [0.4, 0.5) is 20.2 Å². The topological polar surface area (TPSA) is 18.5 Å². The quantitative estimate of drug-likeness (QED) is 0.848. The molecule has 120 valence electrons. The molecule has 1 N–H and O–H groups in total. The van der Waals surface area contributed by atoms with E-state index in [4.69, 9.17) is 12.2 Å². The molecule has 0 aromatic heterocycles. The number of nitrogens with zero attached hydrogens (tertiary/aromatic N) is 2. The number of anilines is 2. The summed E-state index contributed by atoms with van der Waals surface area (Å²) in [5.41, 5.74) is 1.66. The van der Waals surface area contributed by atoms with Crippen LogP contribution in [0.2, 0.25) is 0 Å². The highest BCUT2D eigenvalue weighted by Gasteiger charge is 2.19. The first kappa shape index (κ1) is 15.7. The molecule has 1 heterocycles. The van der Waals surface area contributed by atoms with Gasteiger partial charge in [-0.3, -0.25) is 0 Å². The van der Waals surface area contributed by atoms with Crippen molar-refractivity contribution in [2.45, 2.75) is 0 Å². The Morgan fingerprint density at radius 1 is 0.913 bits per heavy atom. The lowest BCUT2D eigenvalue weighted by Crippen LogP contribution is -2.50. The average Bonchev–Trinajstić information content (AvgIpc) is 2.56. The standard InChI is InChI=1S/C17H17F2N3S/c18-13-4-6-16(7-5-13)21-8-10-22(11-9-21)17(23)20-15-3-1-2-14(19)12-15/h1-7,12H,8-11H2,(H,20,23). The lowest BCUT2D eigenvalue weighted by atomic mass is 10.2.